The van der Waals surface area contributed by atoms with Gasteiger partial charge in [0.15, 0.2) is 11.6 Å². The number of hydrogen-bond donors (Lipinski definition) is 0. The van der Waals surface area contributed by atoms with Crippen molar-refractivity contribution in [1.29, 1.82) is 0 Å². The van der Waals surface area contributed by atoms with Crippen LogP contribution >= 0.6 is 0 Å². The molecular formula is C25H24N4O3. The first-order valence-corrected chi connectivity index (χ1v) is 10.7. The Kier molecular flexibility index (Phi) is 5.33. The van der Waals surface area contributed by atoms with Gasteiger partial charge >= 0.3 is 5.69 Å². The summed E-state index contributed by atoms with van der Waals surface area (Å²) >= 11 is 0. The maximum absolute atomic E-state index is 13.1. The van der Waals surface area contributed by atoms with E-state index in [1.807, 2.05) is 80.6 Å². The van der Waals surface area contributed by atoms with Gasteiger partial charge in [-0.3, -0.25) is 0 Å². The zero-order valence-electron chi connectivity index (χ0n) is 18.0. The zero-order valence-corrected chi connectivity index (χ0v) is 18.0. The van der Waals surface area contributed by atoms with Crippen LogP contribution in [0.2, 0.25) is 0 Å². The van der Waals surface area contributed by atoms with Crippen LogP contribution in [-0.4, -0.2) is 39.8 Å². The van der Waals surface area contributed by atoms with Gasteiger partial charge in [-0.1, -0.05) is 48.5 Å². The Morgan fingerprint density at radius 2 is 1.47 bits per heavy atom. The van der Waals surface area contributed by atoms with Gasteiger partial charge in [0.05, 0.1) is 12.2 Å². The van der Waals surface area contributed by atoms with Crippen LogP contribution in [0.3, 0.4) is 0 Å². The maximum atomic E-state index is 13.1. The summed E-state index contributed by atoms with van der Waals surface area (Å²) in [7, 11) is 0. The molecule has 1 aliphatic heterocycles. The fraction of sp³-hybridized carbons (Fsp3) is 0.240. The molecule has 0 bridgehead atoms. The third-order valence-corrected chi connectivity index (χ3v) is 5.43. The van der Waals surface area contributed by atoms with Crippen molar-refractivity contribution in [3.63, 3.8) is 0 Å². The lowest BCUT2D eigenvalue weighted by molar-refractivity contribution is -0.00548. The minimum absolute atomic E-state index is 0.0802. The first-order valence-electron chi connectivity index (χ1n) is 10.7. The highest BCUT2D eigenvalue weighted by molar-refractivity contribution is 5.69. The van der Waals surface area contributed by atoms with Gasteiger partial charge in [0.25, 0.3) is 0 Å². The van der Waals surface area contributed by atoms with Gasteiger partial charge in [-0.2, -0.15) is 9.97 Å². The van der Waals surface area contributed by atoms with Crippen molar-refractivity contribution in [2.24, 2.45) is 0 Å². The fourth-order valence-corrected chi connectivity index (χ4v) is 4.05. The highest BCUT2D eigenvalue weighted by atomic mass is 16.5. The highest BCUT2D eigenvalue weighted by Gasteiger charge is 2.24. The van der Waals surface area contributed by atoms with E-state index in [2.05, 4.69) is 14.9 Å². The number of benzene rings is 2. The molecule has 32 heavy (non-hydrogen) atoms. The molecule has 1 fully saturated rings. The van der Waals surface area contributed by atoms with Gasteiger partial charge < -0.3 is 14.1 Å². The highest BCUT2D eigenvalue weighted by Crippen LogP contribution is 2.31. The second kappa shape index (κ2) is 8.43. The molecule has 3 heterocycles. The molecule has 5 rings (SSSR count). The zero-order chi connectivity index (χ0) is 22.1. The van der Waals surface area contributed by atoms with Crippen molar-refractivity contribution in [2.75, 3.05) is 18.0 Å². The lowest BCUT2D eigenvalue weighted by atomic mass is 10.2. The summed E-state index contributed by atoms with van der Waals surface area (Å²) in [6.07, 6.45) is 1.88. The first kappa shape index (κ1) is 20.2. The van der Waals surface area contributed by atoms with E-state index in [0.29, 0.717) is 36.4 Å². The van der Waals surface area contributed by atoms with E-state index in [0.717, 1.165) is 11.1 Å². The second-order valence-corrected chi connectivity index (χ2v) is 8.00. The average molecular weight is 428 g/mol. The van der Waals surface area contributed by atoms with Gasteiger partial charge in [-0.25, -0.2) is 9.36 Å². The smallest absolute Gasteiger partial charge is 0.355 e. The lowest BCUT2D eigenvalue weighted by Gasteiger charge is -2.35. The Morgan fingerprint density at radius 1 is 0.844 bits per heavy atom. The minimum atomic E-state index is -0.403. The topological polar surface area (TPSA) is 73.4 Å². The molecule has 0 aliphatic carbocycles. The molecule has 2 unspecified atom stereocenters. The molecule has 7 nitrogen and oxygen atoms in total. The van der Waals surface area contributed by atoms with E-state index in [1.165, 1.54) is 4.57 Å². The second-order valence-electron chi connectivity index (χ2n) is 8.00. The number of nitrogens with zero attached hydrogens (tertiary/aromatic N) is 4. The Bertz CT molecular complexity index is 1260. The predicted octanol–water partition coefficient (Wildman–Crippen LogP) is 4.17. The standard InChI is InChI=1S/C25H24N4O3/c1-17-15-28(16-18(2)31-17)21-13-14-29(25(30)26-21)23-22(19-9-5-3-6-10-19)32-24(27-23)20-11-7-4-8-12-20/h3-14,17-18H,15-16H2,1-2H3. The summed E-state index contributed by atoms with van der Waals surface area (Å²) in [5, 5.41) is 0. The molecule has 4 aromatic rings. The van der Waals surface area contributed by atoms with E-state index in [9.17, 15) is 4.79 Å². The van der Waals surface area contributed by atoms with Gasteiger partial charge in [0.2, 0.25) is 5.89 Å². The Hall–Kier alpha value is -3.71. The SMILES string of the molecule is CC1CN(c2ccn(-c3nc(-c4ccccc4)oc3-c3ccccc3)c(=O)n2)CC(C)O1. The van der Waals surface area contributed by atoms with Crippen LogP contribution in [0, 0.1) is 0 Å². The van der Waals surface area contributed by atoms with Crippen LogP contribution in [0.1, 0.15) is 13.8 Å². The summed E-state index contributed by atoms with van der Waals surface area (Å²) in [5.74, 6) is 2.03. The van der Waals surface area contributed by atoms with Crippen molar-refractivity contribution in [1.82, 2.24) is 14.5 Å². The Labute approximate surface area is 185 Å². The van der Waals surface area contributed by atoms with Crippen molar-refractivity contribution in [3.05, 3.63) is 83.4 Å². The van der Waals surface area contributed by atoms with E-state index in [1.54, 1.807) is 6.20 Å². The molecule has 0 amide bonds. The lowest BCUT2D eigenvalue weighted by Crippen LogP contribution is -2.46. The van der Waals surface area contributed by atoms with Crippen LogP contribution in [-0.2, 0) is 4.74 Å². The largest absolute Gasteiger partial charge is 0.434 e. The monoisotopic (exact) mass is 428 g/mol. The summed E-state index contributed by atoms with van der Waals surface area (Å²) in [4.78, 5) is 24.2. The molecule has 2 atom stereocenters. The summed E-state index contributed by atoms with van der Waals surface area (Å²) in [5.41, 5.74) is 1.27. The number of oxazole rings is 1. The Morgan fingerprint density at radius 3 is 2.09 bits per heavy atom. The molecular weight excluding hydrogens is 404 g/mol. The normalized spacial score (nSPS) is 18.6. The molecule has 0 saturated carbocycles. The molecule has 2 aromatic heterocycles. The number of morpholine rings is 1. The van der Waals surface area contributed by atoms with E-state index in [-0.39, 0.29) is 12.2 Å². The van der Waals surface area contributed by atoms with Gasteiger partial charge in [0.1, 0.15) is 5.82 Å². The quantitative estimate of drug-likeness (QED) is 0.486. The third-order valence-electron chi connectivity index (χ3n) is 5.43. The summed E-state index contributed by atoms with van der Waals surface area (Å²) in [6.45, 7) is 5.43. The van der Waals surface area contributed by atoms with E-state index in [4.69, 9.17) is 9.15 Å². The number of hydrogen-bond acceptors (Lipinski definition) is 6. The minimum Gasteiger partial charge on any atom is -0.434 e. The third kappa shape index (κ3) is 3.94. The van der Waals surface area contributed by atoms with Crippen molar-refractivity contribution in [2.45, 2.75) is 26.1 Å². The molecule has 1 saturated heterocycles. The van der Waals surface area contributed by atoms with Crippen molar-refractivity contribution < 1.29 is 9.15 Å². The number of rotatable bonds is 4. The van der Waals surface area contributed by atoms with Crippen molar-refractivity contribution in [3.8, 4) is 28.6 Å². The Balaban J connectivity index is 1.58. The van der Waals surface area contributed by atoms with E-state index >= 15 is 0 Å². The van der Waals surface area contributed by atoms with Gasteiger partial charge in [0, 0.05) is 30.4 Å². The molecule has 0 spiro atoms. The first-order chi connectivity index (χ1) is 15.6. The number of anilines is 1. The van der Waals surface area contributed by atoms with Crippen LogP contribution in [0.4, 0.5) is 5.82 Å². The van der Waals surface area contributed by atoms with E-state index < -0.39 is 5.69 Å². The predicted molar refractivity (Wildman–Crippen MR) is 123 cm³/mol. The van der Waals surface area contributed by atoms with Gasteiger partial charge in [-0.15, -0.1) is 0 Å². The molecule has 162 valence electrons. The fourth-order valence-electron chi connectivity index (χ4n) is 4.05. The summed E-state index contributed by atoms with van der Waals surface area (Å²) < 4.78 is 13.4. The summed E-state index contributed by atoms with van der Waals surface area (Å²) in [6, 6.07) is 21.1. The van der Waals surface area contributed by atoms with Crippen LogP contribution in [0.25, 0.3) is 28.6 Å². The van der Waals surface area contributed by atoms with Crippen molar-refractivity contribution >= 4 is 5.82 Å². The van der Waals surface area contributed by atoms with Crippen LogP contribution in [0.15, 0.2) is 82.1 Å². The number of ether oxygens (including phenoxy) is 1. The molecule has 7 heteroatoms. The molecule has 2 aromatic carbocycles. The molecule has 1 aliphatic rings. The van der Waals surface area contributed by atoms with Crippen LogP contribution in [0.5, 0.6) is 0 Å². The number of aromatic nitrogens is 3. The average Bonchev–Trinajstić information content (AvgIpc) is 3.25. The molecule has 0 radical (unpaired) electrons. The molecule has 0 N–H and O–H groups in total. The maximum Gasteiger partial charge on any atom is 0.355 e. The van der Waals surface area contributed by atoms with Gasteiger partial charge in [-0.05, 0) is 32.0 Å². The van der Waals surface area contributed by atoms with Crippen LogP contribution < -0.4 is 10.6 Å².